The summed E-state index contributed by atoms with van der Waals surface area (Å²) in [5.74, 6) is -0.608. The summed E-state index contributed by atoms with van der Waals surface area (Å²) in [6.07, 6.45) is 1.42. The molecule has 1 heterocycles. The molecule has 4 heteroatoms. The molecule has 0 fully saturated rings. The predicted octanol–water partition coefficient (Wildman–Crippen LogP) is 2.58. The Morgan fingerprint density at radius 2 is 2.42 bits per heavy atom. The number of hydrogen-bond acceptors (Lipinski definition) is 2. The Morgan fingerprint density at radius 3 is 3.00 bits per heavy atom. The molecule has 1 rings (SSSR count). The van der Waals surface area contributed by atoms with E-state index in [-0.39, 0.29) is 5.78 Å². The zero-order valence-corrected chi connectivity index (χ0v) is 8.06. The molecule has 64 valence electrons. The van der Waals surface area contributed by atoms with Crippen LogP contribution in [0, 0.1) is 5.82 Å². The summed E-state index contributed by atoms with van der Waals surface area (Å²) < 4.78 is 13.0. The highest BCUT2D eigenvalue weighted by molar-refractivity contribution is 9.10. The van der Waals surface area contributed by atoms with E-state index in [0.717, 1.165) is 6.20 Å². The molecule has 0 aromatic carbocycles. The van der Waals surface area contributed by atoms with Gasteiger partial charge in [-0.1, -0.05) is 6.92 Å². The van der Waals surface area contributed by atoms with Gasteiger partial charge in [0.1, 0.15) is 10.4 Å². The van der Waals surface area contributed by atoms with E-state index in [1.165, 1.54) is 6.07 Å². The summed E-state index contributed by atoms with van der Waals surface area (Å²) in [7, 11) is 0. The number of carbonyl (C=O) groups is 1. The minimum atomic E-state index is -0.491. The maximum atomic E-state index is 12.6. The van der Waals surface area contributed by atoms with Gasteiger partial charge in [0, 0.05) is 6.42 Å². The molecule has 12 heavy (non-hydrogen) atoms. The van der Waals surface area contributed by atoms with E-state index in [0.29, 0.717) is 16.6 Å². The molecule has 0 aliphatic rings. The Balaban J connectivity index is 3.13. The fraction of sp³-hybridized carbons (Fsp3) is 0.250. The van der Waals surface area contributed by atoms with Crippen molar-refractivity contribution in [1.82, 2.24) is 4.98 Å². The summed E-state index contributed by atoms with van der Waals surface area (Å²) >= 11 is 3.07. The zero-order valence-electron chi connectivity index (χ0n) is 6.47. The lowest BCUT2D eigenvalue weighted by Gasteiger charge is -1.99. The quantitative estimate of drug-likeness (QED) is 0.579. The van der Waals surface area contributed by atoms with E-state index < -0.39 is 5.82 Å². The highest BCUT2D eigenvalue weighted by atomic mass is 79.9. The highest BCUT2D eigenvalue weighted by Crippen LogP contribution is 2.15. The van der Waals surface area contributed by atoms with Crippen LogP contribution in [0.4, 0.5) is 4.39 Å². The van der Waals surface area contributed by atoms with Crippen molar-refractivity contribution >= 4 is 21.7 Å². The number of nitrogens with zero attached hydrogens (tertiary/aromatic N) is 1. The number of carbonyl (C=O) groups excluding carboxylic acids is 1. The van der Waals surface area contributed by atoms with E-state index in [2.05, 4.69) is 20.9 Å². The molecule has 0 aliphatic heterocycles. The summed E-state index contributed by atoms with van der Waals surface area (Å²) in [4.78, 5) is 14.8. The van der Waals surface area contributed by atoms with Crippen LogP contribution >= 0.6 is 15.9 Å². The summed E-state index contributed by atoms with van der Waals surface area (Å²) in [5, 5.41) is 0. The minimum absolute atomic E-state index is 0.117. The maximum absolute atomic E-state index is 12.6. The van der Waals surface area contributed by atoms with Crippen molar-refractivity contribution in [1.29, 1.82) is 0 Å². The van der Waals surface area contributed by atoms with Gasteiger partial charge in [0.15, 0.2) is 5.78 Å². The van der Waals surface area contributed by atoms with Crippen LogP contribution in [0.15, 0.2) is 16.9 Å². The van der Waals surface area contributed by atoms with Crippen LogP contribution in [-0.4, -0.2) is 10.8 Å². The van der Waals surface area contributed by atoms with Crippen LogP contribution in [0.1, 0.15) is 23.7 Å². The lowest BCUT2D eigenvalue weighted by atomic mass is 10.1. The van der Waals surface area contributed by atoms with Crippen molar-refractivity contribution in [2.45, 2.75) is 13.3 Å². The first-order valence-corrected chi connectivity index (χ1v) is 4.28. The predicted molar refractivity (Wildman–Crippen MR) is 46.5 cm³/mol. The van der Waals surface area contributed by atoms with E-state index in [1.807, 2.05) is 0 Å². The average Bonchev–Trinajstić information content (AvgIpc) is 2.08. The van der Waals surface area contributed by atoms with E-state index in [4.69, 9.17) is 0 Å². The first-order chi connectivity index (χ1) is 5.65. The molecule has 0 saturated carbocycles. The zero-order chi connectivity index (χ0) is 9.14. The second kappa shape index (κ2) is 3.76. The third kappa shape index (κ3) is 1.88. The molecule has 2 nitrogen and oxygen atoms in total. The Bertz CT molecular complexity index is 314. The molecule has 0 N–H and O–H groups in total. The second-order valence-corrected chi connectivity index (χ2v) is 3.02. The van der Waals surface area contributed by atoms with Gasteiger partial charge in [-0.15, -0.1) is 0 Å². The molecular weight excluding hydrogens is 225 g/mol. The van der Waals surface area contributed by atoms with Gasteiger partial charge in [-0.3, -0.25) is 4.79 Å². The van der Waals surface area contributed by atoms with Crippen molar-refractivity contribution in [2.75, 3.05) is 0 Å². The van der Waals surface area contributed by atoms with Crippen molar-refractivity contribution in [3.05, 3.63) is 28.2 Å². The van der Waals surface area contributed by atoms with E-state index in [9.17, 15) is 9.18 Å². The lowest BCUT2D eigenvalue weighted by Crippen LogP contribution is -2.00. The lowest BCUT2D eigenvalue weighted by molar-refractivity contribution is 0.0986. The van der Waals surface area contributed by atoms with Gasteiger partial charge in [-0.2, -0.15) is 0 Å². The van der Waals surface area contributed by atoms with Crippen molar-refractivity contribution in [3.8, 4) is 0 Å². The first-order valence-electron chi connectivity index (χ1n) is 3.49. The standard InChI is InChI=1S/C8H7BrFNO/c1-2-7(12)6-3-5(10)4-11-8(6)9/h3-4H,2H2,1H3. The van der Waals surface area contributed by atoms with Crippen LogP contribution < -0.4 is 0 Å². The third-order valence-electron chi connectivity index (χ3n) is 1.43. The molecule has 0 unspecified atom stereocenters. The highest BCUT2D eigenvalue weighted by Gasteiger charge is 2.09. The molecule has 0 bridgehead atoms. The SMILES string of the molecule is CCC(=O)c1cc(F)cnc1Br. The number of Topliss-reactive ketones (excluding diaryl/α,β-unsaturated/α-hetero) is 1. The van der Waals surface area contributed by atoms with Crippen LogP contribution in [0.2, 0.25) is 0 Å². The van der Waals surface area contributed by atoms with E-state index >= 15 is 0 Å². The average molecular weight is 232 g/mol. The number of halogens is 2. The first kappa shape index (κ1) is 9.32. The summed E-state index contributed by atoms with van der Waals surface area (Å²) in [6.45, 7) is 1.72. The second-order valence-electron chi connectivity index (χ2n) is 2.27. The number of rotatable bonds is 2. The minimum Gasteiger partial charge on any atom is -0.294 e. The monoisotopic (exact) mass is 231 g/mol. The van der Waals surface area contributed by atoms with Crippen LogP contribution in [-0.2, 0) is 0 Å². The smallest absolute Gasteiger partial charge is 0.165 e. The van der Waals surface area contributed by atoms with Crippen LogP contribution in [0.25, 0.3) is 0 Å². The molecule has 1 aromatic heterocycles. The number of aromatic nitrogens is 1. The van der Waals surface area contributed by atoms with Gasteiger partial charge >= 0.3 is 0 Å². The van der Waals surface area contributed by atoms with Crippen LogP contribution in [0.3, 0.4) is 0 Å². The van der Waals surface area contributed by atoms with E-state index in [1.54, 1.807) is 6.92 Å². The Morgan fingerprint density at radius 1 is 1.75 bits per heavy atom. The molecule has 0 amide bonds. The number of pyridine rings is 1. The molecule has 0 saturated heterocycles. The fourth-order valence-electron chi connectivity index (χ4n) is 0.809. The van der Waals surface area contributed by atoms with Crippen molar-refractivity contribution in [3.63, 3.8) is 0 Å². The van der Waals surface area contributed by atoms with Gasteiger partial charge in [-0.25, -0.2) is 9.37 Å². The van der Waals surface area contributed by atoms with Crippen molar-refractivity contribution < 1.29 is 9.18 Å². The Kier molecular flexibility index (Phi) is 2.92. The van der Waals surface area contributed by atoms with Gasteiger partial charge in [0.25, 0.3) is 0 Å². The third-order valence-corrected chi connectivity index (χ3v) is 2.06. The molecule has 0 aliphatic carbocycles. The summed E-state index contributed by atoms with van der Waals surface area (Å²) in [6, 6.07) is 1.18. The molecule has 1 aromatic rings. The van der Waals surface area contributed by atoms with Crippen LogP contribution in [0.5, 0.6) is 0 Å². The van der Waals surface area contributed by atoms with Gasteiger partial charge in [0.05, 0.1) is 11.8 Å². The summed E-state index contributed by atoms with van der Waals surface area (Å²) in [5.41, 5.74) is 0.303. The Labute approximate surface area is 77.9 Å². The fourth-order valence-corrected chi connectivity index (χ4v) is 1.25. The largest absolute Gasteiger partial charge is 0.294 e. The molecular formula is C8H7BrFNO. The number of hydrogen-bond donors (Lipinski definition) is 0. The molecule has 0 spiro atoms. The normalized spacial score (nSPS) is 9.92. The molecule has 0 atom stereocenters. The van der Waals surface area contributed by atoms with Gasteiger partial charge < -0.3 is 0 Å². The number of ketones is 1. The topological polar surface area (TPSA) is 30.0 Å². The van der Waals surface area contributed by atoms with Gasteiger partial charge in [-0.05, 0) is 22.0 Å². The van der Waals surface area contributed by atoms with Gasteiger partial charge in [0.2, 0.25) is 0 Å². The molecule has 0 radical (unpaired) electrons. The van der Waals surface area contributed by atoms with Crippen molar-refractivity contribution in [2.24, 2.45) is 0 Å². The maximum Gasteiger partial charge on any atom is 0.165 e. The Hall–Kier alpha value is -0.770.